The van der Waals surface area contributed by atoms with Gasteiger partial charge >= 0.3 is 0 Å². The van der Waals surface area contributed by atoms with Crippen LogP contribution < -0.4 is 11.1 Å². The standard InChI is InChI=1S/C14H27N3O2.2ClH/c1-2-17-8-4-3-5-12(17)11-16-13(18)14(15)6-9-19-10-7-14;;/h12H,2-11,15H2,1H3,(H,16,18);2*1H. The summed E-state index contributed by atoms with van der Waals surface area (Å²) in [6, 6.07) is 0.478. The molecule has 2 aliphatic rings. The van der Waals surface area contributed by atoms with Crippen LogP contribution in [-0.4, -0.2) is 55.2 Å². The molecule has 0 aromatic rings. The van der Waals surface area contributed by atoms with Gasteiger partial charge in [-0.1, -0.05) is 13.3 Å². The maximum atomic E-state index is 12.2. The minimum Gasteiger partial charge on any atom is -0.381 e. The lowest BCUT2D eigenvalue weighted by Gasteiger charge is -2.37. The first-order valence-electron chi connectivity index (χ1n) is 7.55. The van der Waals surface area contributed by atoms with Gasteiger partial charge in [0.2, 0.25) is 5.91 Å². The Labute approximate surface area is 140 Å². The van der Waals surface area contributed by atoms with Crippen molar-refractivity contribution in [2.45, 2.75) is 50.6 Å². The van der Waals surface area contributed by atoms with Crippen LogP contribution in [0.3, 0.4) is 0 Å². The molecule has 2 aliphatic heterocycles. The summed E-state index contributed by atoms with van der Waals surface area (Å²) in [5.41, 5.74) is 5.46. The first kappa shape index (κ1) is 20.9. The SMILES string of the molecule is CCN1CCCCC1CNC(=O)C1(N)CCOCC1.Cl.Cl. The number of rotatable bonds is 4. The number of nitrogens with zero attached hydrogens (tertiary/aromatic N) is 1. The maximum absolute atomic E-state index is 12.2. The van der Waals surface area contributed by atoms with Gasteiger partial charge in [0.25, 0.3) is 0 Å². The fraction of sp³-hybridized carbons (Fsp3) is 0.929. The number of hydrogen-bond donors (Lipinski definition) is 2. The first-order chi connectivity index (χ1) is 9.15. The highest BCUT2D eigenvalue weighted by Crippen LogP contribution is 2.19. The minimum absolute atomic E-state index is 0. The topological polar surface area (TPSA) is 67.6 Å². The second-order valence-corrected chi connectivity index (χ2v) is 5.76. The Bertz CT molecular complexity index is 313. The molecular weight excluding hydrogens is 313 g/mol. The molecule has 2 heterocycles. The minimum atomic E-state index is -0.718. The first-order valence-corrected chi connectivity index (χ1v) is 7.55. The van der Waals surface area contributed by atoms with Crippen molar-refractivity contribution in [2.75, 3.05) is 32.8 Å². The molecule has 0 radical (unpaired) electrons. The lowest BCUT2D eigenvalue weighted by Crippen LogP contribution is -2.58. The van der Waals surface area contributed by atoms with Gasteiger partial charge in [-0.2, -0.15) is 0 Å². The van der Waals surface area contributed by atoms with E-state index >= 15 is 0 Å². The van der Waals surface area contributed by atoms with E-state index in [0.717, 1.165) is 19.6 Å². The number of nitrogens with two attached hydrogens (primary N) is 1. The molecule has 2 rings (SSSR count). The van der Waals surface area contributed by atoms with Crippen LogP contribution in [0.25, 0.3) is 0 Å². The molecule has 126 valence electrons. The number of amides is 1. The molecule has 2 fully saturated rings. The third kappa shape index (κ3) is 5.57. The number of ether oxygens (including phenoxy) is 1. The summed E-state index contributed by atoms with van der Waals surface area (Å²) in [6.07, 6.45) is 4.96. The summed E-state index contributed by atoms with van der Waals surface area (Å²) in [5, 5.41) is 3.07. The van der Waals surface area contributed by atoms with Crippen LogP contribution in [0.15, 0.2) is 0 Å². The second kappa shape index (κ2) is 9.85. The summed E-state index contributed by atoms with van der Waals surface area (Å²) in [6.45, 7) is 6.30. The van der Waals surface area contributed by atoms with Crippen LogP contribution in [0.2, 0.25) is 0 Å². The third-order valence-corrected chi connectivity index (χ3v) is 4.49. The van der Waals surface area contributed by atoms with Crippen LogP contribution in [0.4, 0.5) is 0 Å². The molecule has 2 saturated heterocycles. The van der Waals surface area contributed by atoms with Crippen molar-refractivity contribution in [1.29, 1.82) is 0 Å². The Hall–Kier alpha value is -0.0700. The number of nitrogens with one attached hydrogen (secondary N) is 1. The molecule has 7 heteroatoms. The van der Waals surface area contributed by atoms with E-state index in [1.807, 2.05) is 0 Å². The molecule has 0 spiro atoms. The maximum Gasteiger partial charge on any atom is 0.240 e. The number of carbonyl (C=O) groups excluding carboxylic acids is 1. The Morgan fingerprint density at radius 3 is 2.62 bits per heavy atom. The van der Waals surface area contributed by atoms with E-state index in [1.54, 1.807) is 0 Å². The van der Waals surface area contributed by atoms with Gasteiger partial charge < -0.3 is 15.8 Å². The average molecular weight is 342 g/mol. The normalized spacial score (nSPS) is 25.3. The molecule has 5 nitrogen and oxygen atoms in total. The van der Waals surface area contributed by atoms with Crippen LogP contribution in [0.1, 0.15) is 39.0 Å². The zero-order chi connectivity index (χ0) is 13.7. The average Bonchev–Trinajstić information content (AvgIpc) is 2.45. The number of carbonyl (C=O) groups is 1. The van der Waals surface area contributed by atoms with Crippen molar-refractivity contribution in [2.24, 2.45) is 5.73 Å². The third-order valence-electron chi connectivity index (χ3n) is 4.49. The quantitative estimate of drug-likeness (QED) is 0.809. The Balaban J connectivity index is 0.00000200. The fourth-order valence-corrected chi connectivity index (χ4v) is 3.06. The van der Waals surface area contributed by atoms with E-state index in [2.05, 4.69) is 17.1 Å². The summed E-state index contributed by atoms with van der Waals surface area (Å²) in [7, 11) is 0. The van der Waals surface area contributed by atoms with Crippen LogP contribution in [0, 0.1) is 0 Å². The predicted octanol–water partition coefficient (Wildman–Crippen LogP) is 1.33. The molecule has 0 bridgehead atoms. The number of halogens is 2. The summed E-state index contributed by atoms with van der Waals surface area (Å²) < 4.78 is 5.28. The molecule has 1 atom stereocenters. The summed E-state index contributed by atoms with van der Waals surface area (Å²) >= 11 is 0. The van der Waals surface area contributed by atoms with Gasteiger partial charge in [0.15, 0.2) is 0 Å². The number of hydrogen-bond acceptors (Lipinski definition) is 4. The van der Waals surface area contributed by atoms with Gasteiger partial charge in [0.1, 0.15) is 0 Å². The summed E-state index contributed by atoms with van der Waals surface area (Å²) in [5.74, 6) is -0.00238. The monoisotopic (exact) mass is 341 g/mol. The highest BCUT2D eigenvalue weighted by atomic mass is 35.5. The van der Waals surface area contributed by atoms with Crippen molar-refractivity contribution >= 4 is 30.7 Å². The highest BCUT2D eigenvalue weighted by molar-refractivity contribution is 5.86. The Kier molecular flexibility index (Phi) is 9.81. The largest absolute Gasteiger partial charge is 0.381 e. The number of likely N-dealkylation sites (N-methyl/N-ethyl adjacent to an activating group) is 1. The van der Waals surface area contributed by atoms with E-state index in [-0.39, 0.29) is 30.7 Å². The van der Waals surface area contributed by atoms with Gasteiger partial charge in [-0.15, -0.1) is 24.8 Å². The van der Waals surface area contributed by atoms with Gasteiger partial charge in [-0.25, -0.2) is 0 Å². The van der Waals surface area contributed by atoms with Crippen LogP contribution in [-0.2, 0) is 9.53 Å². The molecule has 0 aromatic carbocycles. The highest BCUT2D eigenvalue weighted by Gasteiger charge is 2.36. The molecular formula is C14H29Cl2N3O2. The lowest BCUT2D eigenvalue weighted by atomic mass is 9.90. The van der Waals surface area contributed by atoms with Gasteiger partial charge in [0, 0.05) is 25.8 Å². The van der Waals surface area contributed by atoms with Crippen molar-refractivity contribution in [1.82, 2.24) is 10.2 Å². The molecule has 0 aromatic heterocycles. The van der Waals surface area contributed by atoms with Gasteiger partial charge in [0.05, 0.1) is 5.54 Å². The summed E-state index contributed by atoms with van der Waals surface area (Å²) in [4.78, 5) is 14.7. The Morgan fingerprint density at radius 2 is 2.00 bits per heavy atom. The van der Waals surface area contributed by atoms with Gasteiger partial charge in [-0.3, -0.25) is 9.69 Å². The second-order valence-electron chi connectivity index (χ2n) is 5.76. The van der Waals surface area contributed by atoms with Crippen LogP contribution >= 0.6 is 24.8 Å². The van der Waals surface area contributed by atoms with Crippen molar-refractivity contribution in [3.05, 3.63) is 0 Å². The molecule has 1 unspecified atom stereocenters. The Morgan fingerprint density at radius 1 is 1.33 bits per heavy atom. The van der Waals surface area contributed by atoms with Gasteiger partial charge in [-0.05, 0) is 38.8 Å². The van der Waals surface area contributed by atoms with Crippen molar-refractivity contribution in [3.63, 3.8) is 0 Å². The number of piperidine rings is 1. The van der Waals surface area contributed by atoms with Crippen molar-refractivity contribution in [3.8, 4) is 0 Å². The van der Waals surface area contributed by atoms with E-state index < -0.39 is 5.54 Å². The van der Waals surface area contributed by atoms with Crippen molar-refractivity contribution < 1.29 is 9.53 Å². The lowest BCUT2D eigenvalue weighted by molar-refractivity contribution is -0.130. The fourth-order valence-electron chi connectivity index (χ4n) is 3.06. The zero-order valence-electron chi connectivity index (χ0n) is 12.8. The van der Waals surface area contributed by atoms with E-state index in [1.165, 1.54) is 19.3 Å². The van der Waals surface area contributed by atoms with Crippen LogP contribution in [0.5, 0.6) is 0 Å². The molecule has 0 aliphatic carbocycles. The molecule has 1 amide bonds. The van der Waals surface area contributed by atoms with E-state index in [0.29, 0.717) is 32.1 Å². The number of likely N-dealkylation sites (tertiary alicyclic amines) is 1. The zero-order valence-corrected chi connectivity index (χ0v) is 14.4. The van der Waals surface area contributed by atoms with E-state index in [4.69, 9.17) is 10.5 Å². The smallest absolute Gasteiger partial charge is 0.240 e. The predicted molar refractivity (Wildman–Crippen MR) is 89.4 cm³/mol. The molecule has 3 N–H and O–H groups in total. The molecule has 0 saturated carbocycles. The van der Waals surface area contributed by atoms with E-state index in [9.17, 15) is 4.79 Å². The molecule has 21 heavy (non-hydrogen) atoms.